The Balaban J connectivity index is 0.00000225. The number of amides is 1. The van der Waals surface area contributed by atoms with Crippen molar-refractivity contribution < 1.29 is 14.3 Å². The van der Waals surface area contributed by atoms with Crippen LogP contribution in [-0.4, -0.2) is 51.0 Å². The van der Waals surface area contributed by atoms with Crippen LogP contribution in [0, 0.1) is 0 Å². The Morgan fingerprint density at radius 1 is 1.62 bits per heavy atom. The summed E-state index contributed by atoms with van der Waals surface area (Å²) in [5, 5.41) is 5.89. The highest BCUT2D eigenvalue weighted by Crippen LogP contribution is 1.92. The minimum atomic E-state index is -0.210. The Morgan fingerprint density at radius 2 is 2.38 bits per heavy atom. The minimum absolute atomic E-state index is 0. The normalized spacial score (nSPS) is 20.3. The van der Waals surface area contributed by atoms with Crippen LogP contribution in [0.5, 0.6) is 0 Å². The predicted molar refractivity (Wildman–Crippen MR) is 64.0 cm³/mol. The first-order valence-corrected chi connectivity index (χ1v) is 5.40. The van der Waals surface area contributed by atoms with E-state index in [1.807, 2.05) is 13.8 Å². The predicted octanol–water partition coefficient (Wildman–Crippen LogP) is -0.0622. The molecule has 1 amide bonds. The summed E-state index contributed by atoms with van der Waals surface area (Å²) in [7, 11) is 0. The third-order valence-corrected chi connectivity index (χ3v) is 2.09. The average Bonchev–Trinajstić information content (AvgIpc) is 2.25. The minimum Gasteiger partial charge on any atom is -0.378 e. The summed E-state index contributed by atoms with van der Waals surface area (Å²) in [4.78, 5) is 11.5. The monoisotopic (exact) mass is 252 g/mol. The lowest BCUT2D eigenvalue weighted by atomic mass is 10.2. The molecule has 0 bridgehead atoms. The molecule has 2 N–H and O–H groups in total. The Morgan fingerprint density at radius 3 is 2.94 bits per heavy atom. The third-order valence-electron chi connectivity index (χ3n) is 2.09. The molecule has 96 valence electrons. The van der Waals surface area contributed by atoms with Crippen molar-refractivity contribution in [3.8, 4) is 0 Å². The molecule has 0 aromatic rings. The van der Waals surface area contributed by atoms with Crippen molar-refractivity contribution in [2.24, 2.45) is 0 Å². The molecule has 1 aliphatic rings. The van der Waals surface area contributed by atoms with Crippen LogP contribution < -0.4 is 10.6 Å². The number of ether oxygens (including phenoxy) is 2. The van der Waals surface area contributed by atoms with Crippen molar-refractivity contribution >= 4 is 18.3 Å². The Bertz CT molecular complexity index is 197. The van der Waals surface area contributed by atoms with Gasteiger partial charge >= 0.3 is 0 Å². The number of morpholine rings is 1. The first-order valence-electron chi connectivity index (χ1n) is 5.40. The van der Waals surface area contributed by atoms with Gasteiger partial charge in [0.1, 0.15) is 6.04 Å². The molecule has 0 aromatic carbocycles. The van der Waals surface area contributed by atoms with E-state index < -0.39 is 0 Å². The molecule has 1 rings (SSSR count). The molecule has 1 aliphatic heterocycles. The van der Waals surface area contributed by atoms with Gasteiger partial charge in [-0.15, -0.1) is 12.4 Å². The molecule has 0 saturated carbocycles. The van der Waals surface area contributed by atoms with E-state index in [1.54, 1.807) is 0 Å². The SMILES string of the molecule is CC(C)OCCNC(=O)C1COCCN1.Cl. The summed E-state index contributed by atoms with van der Waals surface area (Å²) < 4.78 is 10.5. The first-order chi connectivity index (χ1) is 7.20. The van der Waals surface area contributed by atoms with Gasteiger partial charge in [-0.2, -0.15) is 0 Å². The Labute approximate surface area is 103 Å². The van der Waals surface area contributed by atoms with Crippen molar-refractivity contribution in [2.75, 3.05) is 32.9 Å². The second-order valence-corrected chi connectivity index (χ2v) is 3.79. The fraction of sp³-hybridized carbons (Fsp3) is 0.900. The molecule has 0 radical (unpaired) electrons. The lowest BCUT2D eigenvalue weighted by Crippen LogP contribution is -2.51. The summed E-state index contributed by atoms with van der Waals surface area (Å²) in [5.74, 6) is -0.0120. The molecule has 16 heavy (non-hydrogen) atoms. The highest BCUT2D eigenvalue weighted by atomic mass is 35.5. The van der Waals surface area contributed by atoms with E-state index in [-0.39, 0.29) is 30.5 Å². The van der Waals surface area contributed by atoms with Crippen molar-refractivity contribution in [3.05, 3.63) is 0 Å². The standard InChI is InChI=1S/C10H20N2O3.ClH/c1-8(2)15-6-4-12-10(13)9-7-14-5-3-11-9;/h8-9,11H,3-7H2,1-2H3,(H,12,13);1H. The number of carbonyl (C=O) groups is 1. The molecule has 1 heterocycles. The zero-order valence-corrected chi connectivity index (χ0v) is 10.6. The van der Waals surface area contributed by atoms with E-state index in [4.69, 9.17) is 9.47 Å². The molecule has 1 unspecified atom stereocenters. The van der Waals surface area contributed by atoms with Crippen LogP contribution in [0.1, 0.15) is 13.8 Å². The third kappa shape index (κ3) is 6.27. The average molecular weight is 253 g/mol. The molecule has 1 atom stereocenters. The van der Waals surface area contributed by atoms with E-state index in [2.05, 4.69) is 10.6 Å². The molecule has 0 aromatic heterocycles. The van der Waals surface area contributed by atoms with Crippen LogP contribution in [0.4, 0.5) is 0 Å². The highest BCUT2D eigenvalue weighted by Gasteiger charge is 2.20. The van der Waals surface area contributed by atoms with Gasteiger partial charge in [0.25, 0.3) is 0 Å². The summed E-state index contributed by atoms with van der Waals surface area (Å²) in [6, 6.07) is -0.210. The van der Waals surface area contributed by atoms with Crippen LogP contribution in [0.2, 0.25) is 0 Å². The van der Waals surface area contributed by atoms with Crippen molar-refractivity contribution in [2.45, 2.75) is 26.0 Å². The van der Waals surface area contributed by atoms with Gasteiger partial charge in [-0.3, -0.25) is 4.79 Å². The van der Waals surface area contributed by atoms with Crippen molar-refractivity contribution in [1.82, 2.24) is 10.6 Å². The van der Waals surface area contributed by atoms with Crippen LogP contribution in [-0.2, 0) is 14.3 Å². The molecule has 1 fully saturated rings. The van der Waals surface area contributed by atoms with Gasteiger partial charge in [-0.1, -0.05) is 0 Å². The van der Waals surface area contributed by atoms with Crippen molar-refractivity contribution in [1.29, 1.82) is 0 Å². The largest absolute Gasteiger partial charge is 0.378 e. The van der Waals surface area contributed by atoms with E-state index in [9.17, 15) is 4.79 Å². The summed E-state index contributed by atoms with van der Waals surface area (Å²) in [6.07, 6.45) is 0.207. The van der Waals surface area contributed by atoms with Gasteiger partial charge in [0, 0.05) is 13.1 Å². The lowest BCUT2D eigenvalue weighted by Gasteiger charge is -2.22. The van der Waals surface area contributed by atoms with E-state index in [1.165, 1.54) is 0 Å². The molecule has 5 nitrogen and oxygen atoms in total. The molecule has 6 heteroatoms. The zero-order chi connectivity index (χ0) is 11.1. The second kappa shape index (κ2) is 8.75. The maximum absolute atomic E-state index is 11.5. The lowest BCUT2D eigenvalue weighted by molar-refractivity contribution is -0.126. The number of rotatable bonds is 5. The number of hydrogen-bond donors (Lipinski definition) is 2. The Hall–Kier alpha value is -0.360. The van der Waals surface area contributed by atoms with Gasteiger partial charge in [0.2, 0.25) is 5.91 Å². The molecular weight excluding hydrogens is 232 g/mol. The maximum atomic E-state index is 11.5. The molecule has 0 aliphatic carbocycles. The van der Waals surface area contributed by atoms with Crippen LogP contribution in [0.15, 0.2) is 0 Å². The topological polar surface area (TPSA) is 59.6 Å². The number of hydrogen-bond acceptors (Lipinski definition) is 4. The van der Waals surface area contributed by atoms with Gasteiger partial charge in [0.15, 0.2) is 0 Å². The van der Waals surface area contributed by atoms with E-state index >= 15 is 0 Å². The Kier molecular flexibility index (Phi) is 8.56. The van der Waals surface area contributed by atoms with Gasteiger partial charge in [-0.05, 0) is 13.8 Å². The van der Waals surface area contributed by atoms with Gasteiger partial charge < -0.3 is 20.1 Å². The van der Waals surface area contributed by atoms with Crippen LogP contribution in [0.25, 0.3) is 0 Å². The first kappa shape index (κ1) is 15.6. The molecule has 0 spiro atoms. The smallest absolute Gasteiger partial charge is 0.239 e. The van der Waals surface area contributed by atoms with Crippen LogP contribution in [0.3, 0.4) is 0 Å². The van der Waals surface area contributed by atoms with Gasteiger partial charge in [-0.25, -0.2) is 0 Å². The number of nitrogens with one attached hydrogen (secondary N) is 2. The molecule has 1 saturated heterocycles. The van der Waals surface area contributed by atoms with E-state index in [0.717, 1.165) is 6.54 Å². The number of halogens is 1. The summed E-state index contributed by atoms with van der Waals surface area (Å²) >= 11 is 0. The van der Waals surface area contributed by atoms with Crippen molar-refractivity contribution in [3.63, 3.8) is 0 Å². The van der Waals surface area contributed by atoms with E-state index in [0.29, 0.717) is 26.4 Å². The quantitative estimate of drug-likeness (QED) is 0.673. The number of carbonyl (C=O) groups excluding carboxylic acids is 1. The summed E-state index contributed by atoms with van der Waals surface area (Å²) in [5.41, 5.74) is 0. The fourth-order valence-corrected chi connectivity index (χ4v) is 1.33. The molecular formula is C10H21ClN2O3. The fourth-order valence-electron chi connectivity index (χ4n) is 1.33. The van der Waals surface area contributed by atoms with Crippen LogP contribution >= 0.6 is 12.4 Å². The van der Waals surface area contributed by atoms with Gasteiger partial charge in [0.05, 0.1) is 25.9 Å². The highest BCUT2D eigenvalue weighted by molar-refractivity contribution is 5.85. The summed E-state index contributed by atoms with van der Waals surface area (Å²) in [6.45, 7) is 6.92. The zero-order valence-electron chi connectivity index (χ0n) is 9.82. The second-order valence-electron chi connectivity index (χ2n) is 3.79. The maximum Gasteiger partial charge on any atom is 0.239 e.